The summed E-state index contributed by atoms with van der Waals surface area (Å²) in [6, 6.07) is 12.9. The van der Waals surface area contributed by atoms with Crippen molar-refractivity contribution in [1.82, 2.24) is 4.98 Å². The molecule has 1 fully saturated rings. The Hall–Kier alpha value is -2.95. The number of anilines is 1. The Bertz CT molecular complexity index is 1070. The van der Waals surface area contributed by atoms with E-state index in [0.29, 0.717) is 13.1 Å². The number of hydrogen-bond acceptors (Lipinski definition) is 4. The largest absolute Gasteiger partial charge is 0.469 e. The van der Waals surface area contributed by atoms with Crippen molar-refractivity contribution in [3.63, 3.8) is 0 Å². The summed E-state index contributed by atoms with van der Waals surface area (Å²) < 4.78 is 18.5. The highest BCUT2D eigenvalue weighted by Crippen LogP contribution is 2.42. The fourth-order valence-electron chi connectivity index (χ4n) is 4.06. The zero-order valence-corrected chi connectivity index (χ0v) is 17.2. The van der Waals surface area contributed by atoms with Crippen LogP contribution in [0.4, 0.5) is 10.2 Å². The standard InChI is InChI=1S/C24H25FN2O2/c1-14(2)21-22(16-6-8-18(25)9-7-16)19-10-5-15(3)11-20(19)26-23(21)27-12-17(13-27)24(28)29-4/h5-11,14,17H,12-13H2,1-4H3. The van der Waals surface area contributed by atoms with E-state index in [1.54, 1.807) is 0 Å². The van der Waals surface area contributed by atoms with Crippen molar-refractivity contribution in [1.29, 1.82) is 0 Å². The lowest BCUT2D eigenvalue weighted by molar-refractivity contribution is -0.146. The van der Waals surface area contributed by atoms with Crippen molar-refractivity contribution in [3.8, 4) is 11.1 Å². The number of hydrogen-bond donors (Lipinski definition) is 0. The molecule has 4 rings (SSSR count). The number of aryl methyl sites for hydroxylation is 1. The molecule has 1 aliphatic heterocycles. The lowest BCUT2D eigenvalue weighted by Crippen LogP contribution is -2.51. The number of carbonyl (C=O) groups excluding carboxylic acids is 1. The van der Waals surface area contributed by atoms with Crippen LogP contribution in [0.3, 0.4) is 0 Å². The van der Waals surface area contributed by atoms with Crippen molar-refractivity contribution in [2.24, 2.45) is 5.92 Å². The van der Waals surface area contributed by atoms with Crippen LogP contribution in [0.2, 0.25) is 0 Å². The topological polar surface area (TPSA) is 42.4 Å². The first-order chi connectivity index (χ1) is 13.9. The first kappa shape index (κ1) is 19.4. The fraction of sp³-hybridized carbons (Fsp3) is 0.333. The molecule has 29 heavy (non-hydrogen) atoms. The third-order valence-corrected chi connectivity index (χ3v) is 5.59. The van der Waals surface area contributed by atoms with Crippen LogP contribution in [0.15, 0.2) is 42.5 Å². The van der Waals surface area contributed by atoms with Crippen molar-refractivity contribution in [3.05, 3.63) is 59.4 Å². The first-order valence-corrected chi connectivity index (χ1v) is 9.92. The normalized spacial score (nSPS) is 14.3. The number of ether oxygens (including phenoxy) is 1. The Kier molecular flexibility index (Phi) is 4.99. The zero-order valence-electron chi connectivity index (χ0n) is 17.2. The highest BCUT2D eigenvalue weighted by molar-refractivity contribution is 5.99. The molecule has 0 spiro atoms. The molecule has 0 saturated carbocycles. The van der Waals surface area contributed by atoms with Crippen LogP contribution in [0.25, 0.3) is 22.0 Å². The SMILES string of the molecule is COC(=O)C1CN(c2nc3cc(C)ccc3c(-c3ccc(F)cc3)c2C(C)C)C1. The van der Waals surface area contributed by atoms with Crippen LogP contribution in [-0.2, 0) is 9.53 Å². The van der Waals surface area contributed by atoms with E-state index >= 15 is 0 Å². The highest BCUT2D eigenvalue weighted by Gasteiger charge is 2.36. The molecule has 0 aliphatic carbocycles. The molecular formula is C24H25FN2O2. The number of pyridine rings is 1. The second-order valence-corrected chi connectivity index (χ2v) is 8.03. The summed E-state index contributed by atoms with van der Waals surface area (Å²) in [6.07, 6.45) is 0. The van der Waals surface area contributed by atoms with Crippen molar-refractivity contribution in [2.75, 3.05) is 25.1 Å². The molecule has 1 aliphatic rings. The summed E-state index contributed by atoms with van der Waals surface area (Å²) in [5, 5.41) is 1.06. The molecule has 0 N–H and O–H groups in total. The van der Waals surface area contributed by atoms with E-state index in [0.717, 1.165) is 39.0 Å². The number of carbonyl (C=O) groups is 1. The molecule has 1 saturated heterocycles. The molecular weight excluding hydrogens is 367 g/mol. The average molecular weight is 392 g/mol. The first-order valence-electron chi connectivity index (χ1n) is 9.92. The van der Waals surface area contributed by atoms with Crippen LogP contribution in [0.1, 0.15) is 30.9 Å². The summed E-state index contributed by atoms with van der Waals surface area (Å²) >= 11 is 0. The quantitative estimate of drug-likeness (QED) is 0.581. The second kappa shape index (κ2) is 7.47. The van der Waals surface area contributed by atoms with Gasteiger partial charge in [0, 0.05) is 24.0 Å². The molecule has 0 unspecified atom stereocenters. The van der Waals surface area contributed by atoms with Gasteiger partial charge in [0.1, 0.15) is 11.6 Å². The van der Waals surface area contributed by atoms with Crippen LogP contribution in [-0.4, -0.2) is 31.2 Å². The predicted molar refractivity (Wildman–Crippen MR) is 114 cm³/mol. The van der Waals surface area contributed by atoms with E-state index in [1.807, 2.05) is 19.1 Å². The monoisotopic (exact) mass is 392 g/mol. The molecule has 0 bridgehead atoms. The molecule has 150 valence electrons. The molecule has 2 heterocycles. The third-order valence-electron chi connectivity index (χ3n) is 5.59. The minimum Gasteiger partial charge on any atom is -0.469 e. The molecule has 1 aromatic heterocycles. The third kappa shape index (κ3) is 3.46. The Labute approximate surface area is 170 Å². The number of aromatic nitrogens is 1. The van der Waals surface area contributed by atoms with E-state index in [4.69, 9.17) is 9.72 Å². The van der Waals surface area contributed by atoms with Gasteiger partial charge in [-0.15, -0.1) is 0 Å². The summed E-state index contributed by atoms with van der Waals surface area (Å²) in [6.45, 7) is 7.53. The number of benzene rings is 2. The number of rotatable bonds is 4. The van der Waals surface area contributed by atoms with Gasteiger partial charge in [-0.1, -0.05) is 38.1 Å². The van der Waals surface area contributed by atoms with Crippen LogP contribution >= 0.6 is 0 Å². The lowest BCUT2D eigenvalue weighted by Gasteiger charge is -2.40. The van der Waals surface area contributed by atoms with Gasteiger partial charge in [0.25, 0.3) is 0 Å². The van der Waals surface area contributed by atoms with Crippen molar-refractivity contribution < 1.29 is 13.9 Å². The molecule has 3 aromatic rings. The highest BCUT2D eigenvalue weighted by atomic mass is 19.1. The minimum absolute atomic E-state index is 0.121. The molecule has 0 amide bonds. The average Bonchev–Trinajstić information content (AvgIpc) is 2.65. The van der Waals surface area contributed by atoms with E-state index in [1.165, 1.54) is 19.2 Å². The molecule has 0 radical (unpaired) electrons. The van der Waals surface area contributed by atoms with Crippen LogP contribution < -0.4 is 4.90 Å². The van der Waals surface area contributed by atoms with Gasteiger partial charge in [-0.05, 0) is 47.7 Å². The Morgan fingerprint density at radius 2 is 1.86 bits per heavy atom. The van der Waals surface area contributed by atoms with Gasteiger partial charge in [0.05, 0.1) is 18.5 Å². The lowest BCUT2D eigenvalue weighted by atomic mass is 9.88. The summed E-state index contributed by atoms with van der Waals surface area (Å²) in [5.41, 5.74) is 5.22. The van der Waals surface area contributed by atoms with E-state index in [-0.39, 0.29) is 23.6 Å². The van der Waals surface area contributed by atoms with Gasteiger partial charge in [0.2, 0.25) is 0 Å². The Morgan fingerprint density at radius 3 is 2.48 bits per heavy atom. The van der Waals surface area contributed by atoms with Crippen molar-refractivity contribution >= 4 is 22.7 Å². The maximum atomic E-state index is 13.6. The summed E-state index contributed by atoms with van der Waals surface area (Å²) in [5.74, 6) is 0.558. The van der Waals surface area contributed by atoms with Crippen LogP contribution in [0.5, 0.6) is 0 Å². The van der Waals surface area contributed by atoms with Gasteiger partial charge in [-0.25, -0.2) is 9.37 Å². The smallest absolute Gasteiger partial charge is 0.312 e. The van der Waals surface area contributed by atoms with Crippen molar-refractivity contribution in [2.45, 2.75) is 26.7 Å². The van der Waals surface area contributed by atoms with E-state index in [9.17, 15) is 9.18 Å². The maximum absolute atomic E-state index is 13.6. The van der Waals surface area contributed by atoms with Gasteiger partial charge < -0.3 is 9.64 Å². The summed E-state index contributed by atoms with van der Waals surface area (Å²) in [7, 11) is 1.42. The molecule has 2 aromatic carbocycles. The second-order valence-electron chi connectivity index (χ2n) is 8.03. The maximum Gasteiger partial charge on any atom is 0.312 e. The molecule has 5 heteroatoms. The summed E-state index contributed by atoms with van der Waals surface area (Å²) in [4.78, 5) is 19.0. The van der Waals surface area contributed by atoms with Gasteiger partial charge >= 0.3 is 5.97 Å². The van der Waals surface area contributed by atoms with E-state index < -0.39 is 0 Å². The number of fused-ring (bicyclic) bond motifs is 1. The zero-order chi connectivity index (χ0) is 20.7. The Balaban J connectivity index is 1.93. The van der Waals surface area contributed by atoms with Gasteiger partial charge in [-0.2, -0.15) is 0 Å². The fourth-order valence-corrected chi connectivity index (χ4v) is 4.06. The number of halogens is 1. The van der Waals surface area contributed by atoms with Gasteiger partial charge in [0.15, 0.2) is 0 Å². The van der Waals surface area contributed by atoms with Crippen LogP contribution in [0, 0.1) is 18.7 Å². The Morgan fingerprint density at radius 1 is 1.17 bits per heavy atom. The predicted octanol–water partition coefficient (Wildman–Crippen LogP) is 5.08. The van der Waals surface area contributed by atoms with Gasteiger partial charge in [-0.3, -0.25) is 4.79 Å². The number of methoxy groups -OCH3 is 1. The number of esters is 1. The molecule has 0 atom stereocenters. The van der Waals surface area contributed by atoms with E-state index in [2.05, 4.69) is 36.9 Å². The minimum atomic E-state index is -0.252. The number of nitrogens with zero attached hydrogens (tertiary/aromatic N) is 2. The molecule has 4 nitrogen and oxygen atoms in total.